The summed E-state index contributed by atoms with van der Waals surface area (Å²) in [6, 6.07) is 0. The van der Waals surface area contributed by atoms with Gasteiger partial charge >= 0.3 is 0 Å². The van der Waals surface area contributed by atoms with Gasteiger partial charge in [0.05, 0.1) is 6.54 Å². The van der Waals surface area contributed by atoms with E-state index in [1.54, 1.807) is 6.20 Å². The Balaban J connectivity index is 2.11. The molecule has 2 N–H and O–H groups in total. The van der Waals surface area contributed by atoms with Crippen LogP contribution in [0.25, 0.3) is 0 Å². The smallest absolute Gasteiger partial charge is 0.240 e. The SMILES string of the molecule is CCCCNCC(=O)Nc1nccs1. The molecule has 0 unspecified atom stereocenters. The highest BCUT2D eigenvalue weighted by atomic mass is 32.1. The molecule has 0 aliphatic rings. The van der Waals surface area contributed by atoms with Crippen LogP contribution in [0.15, 0.2) is 11.6 Å². The Kier molecular flexibility index (Phi) is 5.17. The van der Waals surface area contributed by atoms with E-state index in [9.17, 15) is 4.79 Å². The number of carbonyl (C=O) groups is 1. The number of anilines is 1. The van der Waals surface area contributed by atoms with Gasteiger partial charge in [0.2, 0.25) is 5.91 Å². The van der Waals surface area contributed by atoms with Gasteiger partial charge in [-0.15, -0.1) is 11.3 Å². The third-order valence-electron chi connectivity index (χ3n) is 1.67. The topological polar surface area (TPSA) is 54.0 Å². The van der Waals surface area contributed by atoms with E-state index < -0.39 is 0 Å². The fourth-order valence-electron chi connectivity index (χ4n) is 0.952. The molecule has 1 aromatic heterocycles. The Hall–Kier alpha value is -0.940. The Morgan fingerprint density at radius 3 is 3.14 bits per heavy atom. The Bertz CT molecular complexity index is 261. The highest BCUT2D eigenvalue weighted by Crippen LogP contribution is 2.09. The summed E-state index contributed by atoms with van der Waals surface area (Å²) in [4.78, 5) is 15.2. The molecule has 0 fully saturated rings. The molecule has 4 nitrogen and oxygen atoms in total. The van der Waals surface area contributed by atoms with Gasteiger partial charge in [-0.05, 0) is 13.0 Å². The first-order chi connectivity index (χ1) is 6.83. The van der Waals surface area contributed by atoms with Crippen molar-refractivity contribution in [1.29, 1.82) is 0 Å². The molecule has 1 amide bonds. The zero-order chi connectivity index (χ0) is 10.2. The van der Waals surface area contributed by atoms with Gasteiger partial charge in [0.15, 0.2) is 5.13 Å². The van der Waals surface area contributed by atoms with Crippen molar-refractivity contribution in [3.63, 3.8) is 0 Å². The molecule has 1 heterocycles. The average Bonchev–Trinajstić information content (AvgIpc) is 2.65. The van der Waals surface area contributed by atoms with Crippen LogP contribution in [0.5, 0.6) is 0 Å². The van der Waals surface area contributed by atoms with Gasteiger partial charge < -0.3 is 10.6 Å². The molecular weight excluding hydrogens is 198 g/mol. The van der Waals surface area contributed by atoms with Crippen LogP contribution in [0.1, 0.15) is 19.8 Å². The molecule has 0 spiro atoms. The predicted octanol–water partition coefficient (Wildman–Crippen LogP) is 1.47. The maximum Gasteiger partial charge on any atom is 0.240 e. The summed E-state index contributed by atoms with van der Waals surface area (Å²) in [6.45, 7) is 3.37. The van der Waals surface area contributed by atoms with Crippen molar-refractivity contribution in [3.8, 4) is 0 Å². The van der Waals surface area contributed by atoms with Gasteiger partial charge in [0.25, 0.3) is 0 Å². The van der Waals surface area contributed by atoms with Crippen LogP contribution in [0.4, 0.5) is 5.13 Å². The first-order valence-corrected chi connectivity index (χ1v) is 5.61. The minimum atomic E-state index is -0.0314. The fourth-order valence-corrected chi connectivity index (χ4v) is 1.50. The van der Waals surface area contributed by atoms with Gasteiger partial charge in [-0.2, -0.15) is 0 Å². The first kappa shape index (κ1) is 11.1. The molecule has 0 saturated carbocycles. The zero-order valence-electron chi connectivity index (χ0n) is 8.25. The standard InChI is InChI=1S/C9H15N3OS/c1-2-3-4-10-7-8(13)12-9-11-5-6-14-9/h5-6,10H,2-4,7H2,1H3,(H,11,12,13). The summed E-state index contributed by atoms with van der Waals surface area (Å²) in [6.07, 6.45) is 3.91. The van der Waals surface area contributed by atoms with Crippen LogP contribution in [0, 0.1) is 0 Å². The summed E-state index contributed by atoms with van der Waals surface area (Å²) >= 11 is 1.42. The van der Waals surface area contributed by atoms with Crippen molar-refractivity contribution < 1.29 is 4.79 Å². The van der Waals surface area contributed by atoms with E-state index in [0.717, 1.165) is 19.4 Å². The molecule has 0 aromatic carbocycles. The maximum absolute atomic E-state index is 11.3. The number of thiazole rings is 1. The van der Waals surface area contributed by atoms with Gasteiger partial charge in [-0.25, -0.2) is 4.98 Å². The largest absolute Gasteiger partial charge is 0.308 e. The molecule has 1 aromatic rings. The molecule has 78 valence electrons. The lowest BCUT2D eigenvalue weighted by Gasteiger charge is -2.02. The van der Waals surface area contributed by atoms with Crippen LogP contribution >= 0.6 is 11.3 Å². The first-order valence-electron chi connectivity index (χ1n) is 4.73. The van der Waals surface area contributed by atoms with Crippen molar-refractivity contribution in [2.24, 2.45) is 0 Å². The van der Waals surface area contributed by atoms with Crippen molar-refractivity contribution in [2.75, 3.05) is 18.4 Å². The predicted molar refractivity (Wildman–Crippen MR) is 58.5 cm³/mol. The fraction of sp³-hybridized carbons (Fsp3) is 0.556. The van der Waals surface area contributed by atoms with Gasteiger partial charge in [0, 0.05) is 11.6 Å². The molecule has 0 aliphatic carbocycles. The third-order valence-corrected chi connectivity index (χ3v) is 2.36. The summed E-state index contributed by atoms with van der Waals surface area (Å²) in [5, 5.41) is 8.26. The zero-order valence-corrected chi connectivity index (χ0v) is 9.06. The number of nitrogens with one attached hydrogen (secondary N) is 2. The second-order valence-electron chi connectivity index (χ2n) is 2.92. The molecule has 1 rings (SSSR count). The van der Waals surface area contributed by atoms with Crippen molar-refractivity contribution >= 4 is 22.4 Å². The number of hydrogen-bond donors (Lipinski definition) is 2. The van der Waals surface area contributed by atoms with Crippen molar-refractivity contribution in [1.82, 2.24) is 10.3 Å². The molecule has 0 saturated heterocycles. The second kappa shape index (κ2) is 6.50. The van der Waals surface area contributed by atoms with E-state index in [4.69, 9.17) is 0 Å². The monoisotopic (exact) mass is 213 g/mol. The molecular formula is C9H15N3OS. The van der Waals surface area contributed by atoms with Crippen LogP contribution < -0.4 is 10.6 Å². The van der Waals surface area contributed by atoms with Gasteiger partial charge in [-0.1, -0.05) is 13.3 Å². The van der Waals surface area contributed by atoms with Crippen LogP contribution in [0.3, 0.4) is 0 Å². The van der Waals surface area contributed by atoms with Crippen molar-refractivity contribution in [2.45, 2.75) is 19.8 Å². The van der Waals surface area contributed by atoms with E-state index >= 15 is 0 Å². The number of unbranched alkanes of at least 4 members (excludes halogenated alkanes) is 1. The normalized spacial score (nSPS) is 10.1. The number of nitrogens with zero attached hydrogens (tertiary/aromatic N) is 1. The lowest BCUT2D eigenvalue weighted by Crippen LogP contribution is -2.28. The summed E-state index contributed by atoms with van der Waals surface area (Å²) in [5.74, 6) is -0.0314. The third kappa shape index (κ3) is 4.34. The highest BCUT2D eigenvalue weighted by molar-refractivity contribution is 7.13. The lowest BCUT2D eigenvalue weighted by atomic mass is 10.3. The quantitative estimate of drug-likeness (QED) is 0.704. The van der Waals surface area contributed by atoms with E-state index in [1.807, 2.05) is 5.38 Å². The minimum absolute atomic E-state index is 0.0314. The molecule has 5 heteroatoms. The summed E-state index contributed by atoms with van der Waals surface area (Å²) in [7, 11) is 0. The Morgan fingerprint density at radius 2 is 2.50 bits per heavy atom. The molecule has 0 aliphatic heterocycles. The Morgan fingerprint density at radius 1 is 1.64 bits per heavy atom. The lowest BCUT2D eigenvalue weighted by molar-refractivity contribution is -0.115. The highest BCUT2D eigenvalue weighted by Gasteiger charge is 2.02. The summed E-state index contributed by atoms with van der Waals surface area (Å²) in [5.41, 5.74) is 0. The van der Waals surface area contributed by atoms with E-state index in [1.165, 1.54) is 11.3 Å². The number of hydrogen-bond acceptors (Lipinski definition) is 4. The number of aromatic nitrogens is 1. The van der Waals surface area contributed by atoms with Crippen LogP contribution in [0.2, 0.25) is 0 Å². The van der Waals surface area contributed by atoms with Crippen molar-refractivity contribution in [3.05, 3.63) is 11.6 Å². The molecule has 0 bridgehead atoms. The van der Waals surface area contributed by atoms with Crippen LogP contribution in [-0.4, -0.2) is 24.0 Å². The summed E-state index contributed by atoms with van der Waals surface area (Å²) < 4.78 is 0. The Labute approximate surface area is 87.7 Å². The molecule has 0 radical (unpaired) electrons. The average molecular weight is 213 g/mol. The second-order valence-corrected chi connectivity index (χ2v) is 3.81. The molecule has 0 atom stereocenters. The van der Waals surface area contributed by atoms with Gasteiger partial charge in [-0.3, -0.25) is 4.79 Å². The van der Waals surface area contributed by atoms with E-state index in [-0.39, 0.29) is 5.91 Å². The number of amides is 1. The maximum atomic E-state index is 11.3. The van der Waals surface area contributed by atoms with Crippen LogP contribution in [-0.2, 0) is 4.79 Å². The molecule has 14 heavy (non-hydrogen) atoms. The number of rotatable bonds is 6. The number of carbonyl (C=O) groups excluding carboxylic acids is 1. The van der Waals surface area contributed by atoms with E-state index in [0.29, 0.717) is 11.7 Å². The van der Waals surface area contributed by atoms with E-state index in [2.05, 4.69) is 22.5 Å². The minimum Gasteiger partial charge on any atom is -0.308 e. The van der Waals surface area contributed by atoms with Gasteiger partial charge in [0.1, 0.15) is 0 Å².